The van der Waals surface area contributed by atoms with Gasteiger partial charge in [0.25, 0.3) is 5.56 Å². The van der Waals surface area contributed by atoms with Crippen LogP contribution < -0.4 is 5.56 Å². The van der Waals surface area contributed by atoms with Crippen molar-refractivity contribution >= 4 is 6.09 Å². The van der Waals surface area contributed by atoms with Crippen LogP contribution >= 0.6 is 0 Å². The number of pyridine rings is 1. The van der Waals surface area contributed by atoms with Crippen LogP contribution in [0.25, 0.3) is 0 Å². The third-order valence-electron chi connectivity index (χ3n) is 4.19. The largest absolute Gasteiger partial charge is 0.508 e. The summed E-state index contributed by atoms with van der Waals surface area (Å²) >= 11 is 0. The van der Waals surface area contributed by atoms with Gasteiger partial charge in [-0.15, -0.1) is 0 Å². The molecule has 6 nitrogen and oxygen atoms in total. The van der Waals surface area contributed by atoms with Crippen LogP contribution in [0.3, 0.4) is 0 Å². The minimum atomic E-state index is -0.517. The number of fused-ring (bicyclic) bond motifs is 4. The van der Waals surface area contributed by atoms with Crippen molar-refractivity contribution in [2.45, 2.75) is 45.3 Å². The predicted molar refractivity (Wildman–Crippen MR) is 81.0 cm³/mol. The summed E-state index contributed by atoms with van der Waals surface area (Å²) in [6.07, 6.45) is 0.625. The van der Waals surface area contributed by atoms with Gasteiger partial charge in [-0.3, -0.25) is 4.79 Å². The number of carbonyl (C=O) groups excluding carboxylic acids is 1. The molecule has 1 aromatic heterocycles. The zero-order chi connectivity index (χ0) is 16.1. The fourth-order valence-corrected chi connectivity index (χ4v) is 3.42. The number of aromatic nitrogens is 1. The minimum Gasteiger partial charge on any atom is -0.508 e. The lowest BCUT2D eigenvalue weighted by molar-refractivity contribution is 0.0102. The van der Waals surface area contributed by atoms with Crippen LogP contribution in [-0.2, 0) is 11.3 Å². The molecular weight excluding hydrogens is 284 g/mol. The van der Waals surface area contributed by atoms with E-state index in [0.717, 1.165) is 12.1 Å². The van der Waals surface area contributed by atoms with Crippen LogP contribution in [0.4, 0.5) is 4.79 Å². The van der Waals surface area contributed by atoms with E-state index < -0.39 is 5.60 Å². The lowest BCUT2D eigenvalue weighted by Crippen LogP contribution is -2.50. The molecule has 0 unspecified atom stereocenters. The molecule has 0 spiro atoms. The Morgan fingerprint density at radius 1 is 1.27 bits per heavy atom. The normalized spacial score (nSPS) is 23.9. The fraction of sp³-hybridized carbons (Fsp3) is 0.625. The van der Waals surface area contributed by atoms with Crippen LogP contribution in [0.5, 0.6) is 5.75 Å². The van der Waals surface area contributed by atoms with Crippen molar-refractivity contribution in [3.05, 3.63) is 28.2 Å². The van der Waals surface area contributed by atoms with Gasteiger partial charge in [0.05, 0.1) is 0 Å². The number of nitrogens with zero attached hydrogens (tertiary/aromatic N) is 2. The Labute approximate surface area is 129 Å². The first-order chi connectivity index (χ1) is 10.2. The highest BCUT2D eigenvalue weighted by atomic mass is 16.6. The van der Waals surface area contributed by atoms with Crippen molar-refractivity contribution < 1.29 is 14.6 Å². The number of ether oxygens (including phenoxy) is 1. The second-order valence-corrected chi connectivity index (χ2v) is 7.27. The average Bonchev–Trinajstić information content (AvgIpc) is 2.38. The number of amides is 1. The Morgan fingerprint density at radius 3 is 2.68 bits per heavy atom. The highest BCUT2D eigenvalue weighted by molar-refractivity contribution is 5.68. The predicted octanol–water partition coefficient (Wildman–Crippen LogP) is 1.91. The van der Waals surface area contributed by atoms with Gasteiger partial charge < -0.3 is 19.3 Å². The van der Waals surface area contributed by atoms with Crippen molar-refractivity contribution in [1.29, 1.82) is 0 Å². The monoisotopic (exact) mass is 306 g/mol. The van der Waals surface area contributed by atoms with E-state index >= 15 is 0 Å². The SMILES string of the molecule is CC(C)(C)OC(=O)N1C[C@@H]2C[C@H](C1)c1cc(O)cc(=O)n1C2. The Balaban J connectivity index is 1.85. The van der Waals surface area contributed by atoms with Crippen molar-refractivity contribution in [2.75, 3.05) is 13.1 Å². The molecule has 120 valence electrons. The van der Waals surface area contributed by atoms with Crippen molar-refractivity contribution in [1.82, 2.24) is 9.47 Å². The Kier molecular flexibility index (Phi) is 3.42. The molecule has 1 amide bonds. The molecule has 0 aliphatic carbocycles. The van der Waals surface area contributed by atoms with E-state index in [1.807, 2.05) is 20.8 Å². The van der Waals surface area contributed by atoms with Crippen molar-refractivity contribution in [3.63, 3.8) is 0 Å². The molecule has 0 saturated carbocycles. The molecule has 0 aromatic carbocycles. The lowest BCUT2D eigenvalue weighted by atomic mass is 9.83. The van der Waals surface area contributed by atoms with Gasteiger partial charge in [0, 0.05) is 43.4 Å². The molecule has 1 saturated heterocycles. The third kappa shape index (κ3) is 2.82. The van der Waals surface area contributed by atoms with Gasteiger partial charge in [-0.05, 0) is 33.1 Å². The summed E-state index contributed by atoms with van der Waals surface area (Å²) in [5.41, 5.74) is 0.126. The molecule has 3 rings (SSSR count). The van der Waals surface area contributed by atoms with Gasteiger partial charge in [0.2, 0.25) is 0 Å². The summed E-state index contributed by atoms with van der Waals surface area (Å²) in [6.45, 7) is 7.27. The molecule has 1 fully saturated rings. The molecule has 2 aliphatic heterocycles. The van der Waals surface area contributed by atoms with Gasteiger partial charge in [-0.2, -0.15) is 0 Å². The van der Waals surface area contributed by atoms with E-state index in [0.29, 0.717) is 19.6 Å². The summed E-state index contributed by atoms with van der Waals surface area (Å²) < 4.78 is 7.17. The third-order valence-corrected chi connectivity index (χ3v) is 4.19. The van der Waals surface area contributed by atoms with E-state index in [2.05, 4.69) is 0 Å². The van der Waals surface area contributed by atoms with Crippen molar-refractivity contribution in [2.24, 2.45) is 5.92 Å². The summed E-state index contributed by atoms with van der Waals surface area (Å²) in [5, 5.41) is 9.68. The van der Waals surface area contributed by atoms with Crippen LogP contribution in [0.2, 0.25) is 0 Å². The summed E-state index contributed by atoms with van der Waals surface area (Å²) in [4.78, 5) is 26.0. The number of rotatable bonds is 0. The van der Waals surface area contributed by atoms with Crippen LogP contribution in [0.1, 0.15) is 38.8 Å². The standard InChI is InChI=1S/C16H22N2O4/c1-16(2,3)22-15(21)17-7-10-4-11(9-17)13-5-12(19)6-14(20)18(13)8-10/h5-6,10-11,19H,4,7-9H2,1-3H3/t10-,11+/m0/s1. The number of aromatic hydroxyl groups is 1. The minimum absolute atomic E-state index is 0.0101. The Hall–Kier alpha value is -1.98. The van der Waals surface area contributed by atoms with E-state index in [1.54, 1.807) is 15.5 Å². The molecule has 3 heterocycles. The van der Waals surface area contributed by atoms with Gasteiger partial charge >= 0.3 is 6.09 Å². The second kappa shape index (κ2) is 5.04. The van der Waals surface area contributed by atoms with Gasteiger partial charge in [0.15, 0.2) is 0 Å². The lowest BCUT2D eigenvalue weighted by Gasteiger charge is -2.42. The topological polar surface area (TPSA) is 71.8 Å². The maximum atomic E-state index is 12.3. The molecular formula is C16H22N2O4. The zero-order valence-electron chi connectivity index (χ0n) is 13.2. The smallest absolute Gasteiger partial charge is 0.410 e. The molecule has 2 aliphatic rings. The average molecular weight is 306 g/mol. The van der Waals surface area contributed by atoms with E-state index in [4.69, 9.17) is 4.74 Å². The fourth-order valence-electron chi connectivity index (χ4n) is 3.42. The van der Waals surface area contributed by atoms with Crippen LogP contribution in [0, 0.1) is 5.92 Å². The molecule has 22 heavy (non-hydrogen) atoms. The highest BCUT2D eigenvalue weighted by Crippen LogP contribution is 2.36. The highest BCUT2D eigenvalue weighted by Gasteiger charge is 2.37. The first-order valence-electron chi connectivity index (χ1n) is 7.64. The Morgan fingerprint density at radius 2 is 2.00 bits per heavy atom. The zero-order valence-corrected chi connectivity index (χ0v) is 13.2. The van der Waals surface area contributed by atoms with Crippen LogP contribution in [-0.4, -0.2) is 39.4 Å². The van der Waals surface area contributed by atoms with E-state index in [1.165, 1.54) is 6.07 Å². The van der Waals surface area contributed by atoms with E-state index in [-0.39, 0.29) is 29.2 Å². The quantitative estimate of drug-likeness (QED) is 0.795. The maximum absolute atomic E-state index is 12.3. The first-order valence-corrected chi connectivity index (χ1v) is 7.64. The summed E-state index contributed by atoms with van der Waals surface area (Å²) in [6, 6.07) is 2.89. The molecule has 1 aromatic rings. The maximum Gasteiger partial charge on any atom is 0.410 e. The van der Waals surface area contributed by atoms with Crippen molar-refractivity contribution in [3.8, 4) is 5.75 Å². The number of hydrogen-bond acceptors (Lipinski definition) is 4. The number of piperidine rings is 1. The number of hydrogen-bond donors (Lipinski definition) is 1. The number of likely N-dealkylation sites (tertiary alicyclic amines) is 1. The first kappa shape index (κ1) is 14.9. The second-order valence-electron chi connectivity index (χ2n) is 7.27. The summed E-state index contributed by atoms with van der Waals surface area (Å²) in [5.74, 6) is 0.310. The molecule has 0 radical (unpaired) electrons. The molecule has 2 bridgehead atoms. The molecule has 6 heteroatoms. The van der Waals surface area contributed by atoms with Crippen LogP contribution in [0.15, 0.2) is 16.9 Å². The van der Waals surface area contributed by atoms with Gasteiger partial charge in [-0.25, -0.2) is 4.79 Å². The van der Waals surface area contributed by atoms with Gasteiger partial charge in [-0.1, -0.05) is 0 Å². The summed E-state index contributed by atoms with van der Waals surface area (Å²) in [7, 11) is 0. The molecule has 2 atom stereocenters. The number of carbonyl (C=O) groups is 1. The van der Waals surface area contributed by atoms with Gasteiger partial charge in [0.1, 0.15) is 11.4 Å². The molecule has 1 N–H and O–H groups in total. The van der Waals surface area contributed by atoms with E-state index in [9.17, 15) is 14.7 Å². The Bertz CT molecular complexity index is 659.